The van der Waals surface area contributed by atoms with E-state index < -0.39 is 17.8 Å². The van der Waals surface area contributed by atoms with Gasteiger partial charge in [-0.25, -0.2) is 4.52 Å². The summed E-state index contributed by atoms with van der Waals surface area (Å²) in [7, 11) is 0. The van der Waals surface area contributed by atoms with E-state index in [2.05, 4.69) is 10.4 Å². The molecular formula is C21H16F3N3OS. The molecule has 0 radical (unpaired) electrons. The summed E-state index contributed by atoms with van der Waals surface area (Å²) in [4.78, 5) is 13.5. The number of nitrogens with one attached hydrogen (secondary N) is 1. The number of thiophene rings is 1. The predicted molar refractivity (Wildman–Crippen MR) is 106 cm³/mol. The fourth-order valence-corrected chi connectivity index (χ4v) is 3.82. The number of carbonyl (C=O) groups excluding carboxylic acids is 1. The van der Waals surface area contributed by atoms with E-state index >= 15 is 0 Å². The standard InChI is InChI=1S/C21H16F3N3OS/c1-13(18-8-5-9-29-18)25-20(28)17-12-16-10-15(14-6-3-2-4-7-14)11-19(21(22,23)24)27(16)26-17/h2-13H,1H3,(H,25,28). The van der Waals surface area contributed by atoms with Crippen LogP contribution in [0.3, 0.4) is 0 Å². The molecule has 0 spiro atoms. The van der Waals surface area contributed by atoms with Gasteiger partial charge in [0, 0.05) is 4.88 Å². The van der Waals surface area contributed by atoms with Crippen LogP contribution in [0.25, 0.3) is 16.6 Å². The lowest BCUT2D eigenvalue weighted by Gasteiger charge is -2.12. The first-order valence-corrected chi connectivity index (χ1v) is 9.71. The molecule has 1 N–H and O–H groups in total. The van der Waals surface area contributed by atoms with Gasteiger partial charge in [0.25, 0.3) is 5.91 Å². The molecule has 8 heteroatoms. The summed E-state index contributed by atoms with van der Waals surface area (Å²) in [5.74, 6) is -0.524. The lowest BCUT2D eigenvalue weighted by Crippen LogP contribution is -2.26. The van der Waals surface area contributed by atoms with E-state index in [4.69, 9.17) is 0 Å². The molecule has 3 aromatic heterocycles. The number of fused-ring (bicyclic) bond motifs is 1. The Morgan fingerprint density at radius 2 is 1.83 bits per heavy atom. The quantitative estimate of drug-likeness (QED) is 0.473. The van der Waals surface area contributed by atoms with Crippen LogP contribution >= 0.6 is 11.3 Å². The molecule has 0 saturated heterocycles. The fraction of sp³-hybridized carbons (Fsp3) is 0.143. The zero-order valence-corrected chi connectivity index (χ0v) is 16.1. The average molecular weight is 415 g/mol. The molecule has 1 atom stereocenters. The number of alkyl halides is 3. The molecular weight excluding hydrogens is 399 g/mol. The SMILES string of the molecule is CC(NC(=O)c1cc2cc(-c3ccccc3)cc(C(F)(F)F)n2n1)c1cccs1. The van der Waals surface area contributed by atoms with Crippen molar-refractivity contribution in [3.05, 3.63) is 82.3 Å². The highest BCUT2D eigenvalue weighted by Crippen LogP contribution is 2.33. The highest BCUT2D eigenvalue weighted by Gasteiger charge is 2.35. The van der Waals surface area contributed by atoms with Gasteiger partial charge < -0.3 is 5.32 Å². The number of nitrogens with zero attached hydrogens (tertiary/aromatic N) is 2. The van der Waals surface area contributed by atoms with Gasteiger partial charge in [0.1, 0.15) is 5.69 Å². The summed E-state index contributed by atoms with van der Waals surface area (Å²) in [6.45, 7) is 1.81. The van der Waals surface area contributed by atoms with Crippen molar-refractivity contribution in [2.75, 3.05) is 0 Å². The van der Waals surface area contributed by atoms with E-state index in [1.54, 1.807) is 36.4 Å². The van der Waals surface area contributed by atoms with E-state index in [9.17, 15) is 18.0 Å². The monoisotopic (exact) mass is 415 g/mol. The van der Waals surface area contributed by atoms with Gasteiger partial charge in [0.2, 0.25) is 0 Å². The Bertz CT molecular complexity index is 1150. The molecule has 0 aliphatic carbocycles. The van der Waals surface area contributed by atoms with Crippen molar-refractivity contribution in [2.24, 2.45) is 0 Å². The molecule has 148 valence electrons. The lowest BCUT2D eigenvalue weighted by molar-refractivity contribution is -0.142. The van der Waals surface area contributed by atoms with Gasteiger partial charge in [0.15, 0.2) is 5.69 Å². The minimum atomic E-state index is -4.62. The van der Waals surface area contributed by atoms with Gasteiger partial charge in [-0.2, -0.15) is 18.3 Å². The largest absolute Gasteiger partial charge is 0.433 e. The average Bonchev–Trinajstić information content (AvgIpc) is 3.36. The summed E-state index contributed by atoms with van der Waals surface area (Å²) in [5.41, 5.74) is 0.263. The minimum Gasteiger partial charge on any atom is -0.343 e. The van der Waals surface area contributed by atoms with Crippen LogP contribution in [-0.4, -0.2) is 15.5 Å². The Morgan fingerprint density at radius 3 is 2.48 bits per heavy atom. The van der Waals surface area contributed by atoms with E-state index in [1.165, 1.54) is 17.4 Å². The normalized spacial score (nSPS) is 12.8. The maximum Gasteiger partial charge on any atom is 0.433 e. The summed E-state index contributed by atoms with van der Waals surface area (Å²) >= 11 is 1.49. The number of hydrogen-bond donors (Lipinski definition) is 1. The van der Waals surface area contributed by atoms with Crippen LogP contribution in [0.2, 0.25) is 0 Å². The van der Waals surface area contributed by atoms with Crippen molar-refractivity contribution in [3.63, 3.8) is 0 Å². The minimum absolute atomic E-state index is 0.0656. The Labute approximate surface area is 168 Å². The first kappa shape index (κ1) is 19.2. The number of amides is 1. The van der Waals surface area contributed by atoms with Gasteiger partial charge >= 0.3 is 6.18 Å². The van der Waals surface area contributed by atoms with Crippen LogP contribution < -0.4 is 5.32 Å². The number of aromatic nitrogens is 2. The van der Waals surface area contributed by atoms with E-state index in [0.29, 0.717) is 11.1 Å². The molecule has 0 fully saturated rings. The Hall–Kier alpha value is -3.13. The third-order valence-electron chi connectivity index (χ3n) is 4.51. The third kappa shape index (κ3) is 3.88. The maximum absolute atomic E-state index is 13.7. The number of benzene rings is 1. The van der Waals surface area contributed by atoms with Gasteiger partial charge in [-0.15, -0.1) is 11.3 Å². The second-order valence-electron chi connectivity index (χ2n) is 6.57. The molecule has 4 aromatic rings. The molecule has 4 rings (SSSR count). The fourth-order valence-electron chi connectivity index (χ4n) is 3.09. The highest BCUT2D eigenvalue weighted by atomic mass is 32.1. The van der Waals surface area contributed by atoms with Crippen molar-refractivity contribution >= 4 is 22.8 Å². The number of halogens is 3. The number of pyridine rings is 1. The molecule has 0 aliphatic rings. The molecule has 1 amide bonds. The van der Waals surface area contributed by atoms with E-state index in [-0.39, 0.29) is 17.3 Å². The smallest absolute Gasteiger partial charge is 0.343 e. The van der Waals surface area contributed by atoms with Gasteiger partial charge in [-0.3, -0.25) is 4.79 Å². The van der Waals surface area contributed by atoms with Crippen molar-refractivity contribution in [1.29, 1.82) is 0 Å². The first-order chi connectivity index (χ1) is 13.8. The zero-order valence-electron chi connectivity index (χ0n) is 15.3. The molecule has 0 saturated carbocycles. The van der Waals surface area contributed by atoms with Crippen molar-refractivity contribution in [1.82, 2.24) is 14.9 Å². The zero-order chi connectivity index (χ0) is 20.6. The van der Waals surface area contributed by atoms with E-state index in [1.807, 2.05) is 24.4 Å². The Balaban J connectivity index is 1.75. The molecule has 29 heavy (non-hydrogen) atoms. The predicted octanol–water partition coefficient (Wildman–Crippen LogP) is 5.57. The van der Waals surface area contributed by atoms with E-state index in [0.717, 1.165) is 15.5 Å². The van der Waals surface area contributed by atoms with Gasteiger partial charge in [-0.05, 0) is 47.7 Å². The number of rotatable bonds is 4. The molecule has 4 nitrogen and oxygen atoms in total. The van der Waals surface area contributed by atoms with Crippen LogP contribution in [0.15, 0.2) is 66.0 Å². The molecule has 0 aliphatic heterocycles. The van der Waals surface area contributed by atoms with Gasteiger partial charge in [0.05, 0.1) is 11.6 Å². The van der Waals surface area contributed by atoms with Crippen LogP contribution in [-0.2, 0) is 6.18 Å². The van der Waals surface area contributed by atoms with Crippen LogP contribution in [0, 0.1) is 0 Å². The lowest BCUT2D eigenvalue weighted by atomic mass is 10.1. The molecule has 0 bridgehead atoms. The first-order valence-electron chi connectivity index (χ1n) is 8.83. The molecule has 3 heterocycles. The summed E-state index contributed by atoms with van der Waals surface area (Å²) in [6.07, 6.45) is -4.62. The maximum atomic E-state index is 13.7. The summed E-state index contributed by atoms with van der Waals surface area (Å²) in [6, 6.07) is 16.3. The third-order valence-corrected chi connectivity index (χ3v) is 5.56. The highest BCUT2D eigenvalue weighted by molar-refractivity contribution is 7.10. The second-order valence-corrected chi connectivity index (χ2v) is 7.55. The van der Waals surface area contributed by atoms with Crippen LogP contribution in [0.4, 0.5) is 13.2 Å². The topological polar surface area (TPSA) is 46.4 Å². The molecule has 1 aromatic carbocycles. The number of hydrogen-bond acceptors (Lipinski definition) is 3. The Morgan fingerprint density at radius 1 is 1.07 bits per heavy atom. The number of carbonyl (C=O) groups is 1. The van der Waals surface area contributed by atoms with Crippen LogP contribution in [0.5, 0.6) is 0 Å². The van der Waals surface area contributed by atoms with Crippen LogP contribution in [0.1, 0.15) is 34.0 Å². The second kappa shape index (κ2) is 7.36. The van der Waals surface area contributed by atoms with Crippen molar-refractivity contribution in [2.45, 2.75) is 19.1 Å². The molecule has 1 unspecified atom stereocenters. The summed E-state index contributed by atoms with van der Waals surface area (Å²) < 4.78 is 41.8. The Kier molecular flexibility index (Phi) is 4.87. The van der Waals surface area contributed by atoms with Crippen molar-refractivity contribution in [3.8, 4) is 11.1 Å². The van der Waals surface area contributed by atoms with Gasteiger partial charge in [-0.1, -0.05) is 36.4 Å². The summed E-state index contributed by atoms with van der Waals surface area (Å²) in [5, 5.41) is 8.61. The van der Waals surface area contributed by atoms with Crippen molar-refractivity contribution < 1.29 is 18.0 Å².